The fraction of sp³-hybridized carbons (Fsp3) is 0.786. The molecule has 2 heterocycles. The monoisotopic (exact) mass is 279 g/mol. The first kappa shape index (κ1) is 15.0. The second-order valence-electron chi connectivity index (χ2n) is 6.25. The molecule has 2 rings (SSSR count). The molecule has 0 aliphatic carbocycles. The molecule has 1 aromatic rings. The van der Waals surface area contributed by atoms with E-state index in [0.29, 0.717) is 23.2 Å². The zero-order valence-corrected chi connectivity index (χ0v) is 12.9. The first-order chi connectivity index (χ1) is 9.47. The predicted molar refractivity (Wildman–Crippen MR) is 77.5 cm³/mol. The fourth-order valence-electron chi connectivity index (χ4n) is 2.88. The van der Waals surface area contributed by atoms with Gasteiger partial charge in [0.1, 0.15) is 0 Å². The van der Waals surface area contributed by atoms with Gasteiger partial charge >= 0.3 is 0 Å². The molecule has 0 radical (unpaired) electrons. The van der Waals surface area contributed by atoms with E-state index in [1.807, 2.05) is 7.05 Å². The van der Waals surface area contributed by atoms with Crippen molar-refractivity contribution in [2.75, 3.05) is 33.2 Å². The van der Waals surface area contributed by atoms with E-state index in [2.05, 4.69) is 34.2 Å². The molecule has 0 aromatic carbocycles. The largest absolute Gasteiger partial charge is 0.340 e. The summed E-state index contributed by atoms with van der Waals surface area (Å²) in [5.41, 5.74) is 1.10. The summed E-state index contributed by atoms with van der Waals surface area (Å²) < 4.78 is 0. The Bertz CT molecular complexity index is 456. The van der Waals surface area contributed by atoms with Gasteiger partial charge < -0.3 is 9.80 Å². The van der Waals surface area contributed by atoms with Crippen LogP contribution in [0.1, 0.15) is 36.5 Å². The summed E-state index contributed by atoms with van der Waals surface area (Å²) in [6.07, 6.45) is 1.17. The van der Waals surface area contributed by atoms with Gasteiger partial charge in [0.2, 0.25) is 0 Å². The molecular formula is C14H25N5O. The van der Waals surface area contributed by atoms with Crippen LogP contribution in [0.3, 0.4) is 0 Å². The number of aromatic nitrogens is 3. The Labute approximate surface area is 120 Å². The second kappa shape index (κ2) is 6.35. The van der Waals surface area contributed by atoms with Gasteiger partial charge in [-0.15, -0.1) is 0 Å². The molecule has 1 amide bonds. The number of nitrogens with zero attached hydrogens (tertiary/aromatic N) is 4. The fourth-order valence-corrected chi connectivity index (χ4v) is 2.88. The Morgan fingerprint density at radius 3 is 2.85 bits per heavy atom. The molecule has 1 aliphatic rings. The van der Waals surface area contributed by atoms with Crippen LogP contribution in [0.2, 0.25) is 0 Å². The molecule has 6 nitrogen and oxygen atoms in total. The van der Waals surface area contributed by atoms with E-state index in [4.69, 9.17) is 0 Å². The summed E-state index contributed by atoms with van der Waals surface area (Å²) in [7, 11) is 1.85. The van der Waals surface area contributed by atoms with Crippen molar-refractivity contribution >= 4 is 5.91 Å². The van der Waals surface area contributed by atoms with Crippen LogP contribution < -0.4 is 0 Å². The number of hydrogen-bond donors (Lipinski definition) is 1. The second-order valence-corrected chi connectivity index (χ2v) is 6.25. The third-order valence-corrected chi connectivity index (χ3v) is 3.80. The number of aromatic amines is 1. The molecule has 1 N–H and O–H groups in total. The number of likely N-dealkylation sites (tertiary alicyclic amines) is 1. The van der Waals surface area contributed by atoms with Crippen molar-refractivity contribution in [2.45, 2.75) is 27.2 Å². The topological polar surface area (TPSA) is 65.1 Å². The van der Waals surface area contributed by atoms with Crippen molar-refractivity contribution < 1.29 is 4.79 Å². The smallest absolute Gasteiger partial charge is 0.276 e. The minimum atomic E-state index is -0.0430. The van der Waals surface area contributed by atoms with E-state index < -0.39 is 0 Å². The van der Waals surface area contributed by atoms with Gasteiger partial charge in [-0.05, 0) is 31.7 Å². The molecule has 1 aromatic heterocycles. The molecule has 112 valence electrons. The van der Waals surface area contributed by atoms with E-state index in [9.17, 15) is 4.79 Å². The molecule has 20 heavy (non-hydrogen) atoms. The maximum Gasteiger partial charge on any atom is 0.276 e. The van der Waals surface area contributed by atoms with Gasteiger partial charge in [-0.1, -0.05) is 13.8 Å². The summed E-state index contributed by atoms with van der Waals surface area (Å²) >= 11 is 0. The average molecular weight is 279 g/mol. The Balaban J connectivity index is 1.85. The molecule has 0 bridgehead atoms. The highest BCUT2D eigenvalue weighted by atomic mass is 16.2. The maximum atomic E-state index is 12.3. The molecule has 1 aliphatic heterocycles. The lowest BCUT2D eigenvalue weighted by molar-refractivity contribution is 0.0766. The lowest BCUT2D eigenvalue weighted by atomic mass is 10.1. The van der Waals surface area contributed by atoms with Gasteiger partial charge in [0.25, 0.3) is 5.91 Å². The van der Waals surface area contributed by atoms with Gasteiger partial charge in [0, 0.05) is 26.7 Å². The molecule has 1 atom stereocenters. The lowest BCUT2D eigenvalue weighted by Crippen LogP contribution is -2.34. The maximum absolute atomic E-state index is 12.3. The van der Waals surface area contributed by atoms with Crippen LogP contribution in [0.4, 0.5) is 0 Å². The van der Waals surface area contributed by atoms with Gasteiger partial charge in [-0.2, -0.15) is 15.4 Å². The summed E-state index contributed by atoms with van der Waals surface area (Å²) in [5, 5.41) is 10.3. The Kier molecular flexibility index (Phi) is 4.75. The predicted octanol–water partition coefficient (Wildman–Crippen LogP) is 1.16. The van der Waals surface area contributed by atoms with Crippen molar-refractivity contribution in [3.8, 4) is 0 Å². The van der Waals surface area contributed by atoms with Crippen LogP contribution in [0.15, 0.2) is 0 Å². The van der Waals surface area contributed by atoms with Gasteiger partial charge in [0.15, 0.2) is 5.69 Å². The molecule has 0 saturated carbocycles. The summed E-state index contributed by atoms with van der Waals surface area (Å²) in [6, 6.07) is 0. The molecule has 0 spiro atoms. The summed E-state index contributed by atoms with van der Waals surface area (Å²) in [6.45, 7) is 10.5. The first-order valence-electron chi connectivity index (χ1n) is 7.32. The normalized spacial score (nSPS) is 19.8. The first-order valence-corrected chi connectivity index (χ1v) is 7.32. The van der Waals surface area contributed by atoms with Crippen molar-refractivity contribution in [3.05, 3.63) is 11.4 Å². The van der Waals surface area contributed by atoms with Crippen LogP contribution in [0.5, 0.6) is 0 Å². The van der Waals surface area contributed by atoms with Crippen molar-refractivity contribution in [1.29, 1.82) is 0 Å². The molecule has 0 unspecified atom stereocenters. The number of H-pyrrole nitrogens is 1. The standard InChI is InChI=1S/C14H25N5O/c1-10(2)7-19-6-5-12(9-19)8-18(4)14(20)13-11(3)15-17-16-13/h10,12H,5-9H2,1-4H3,(H,15,16,17)/t12-/m0/s1. The van der Waals surface area contributed by atoms with Crippen molar-refractivity contribution in [3.63, 3.8) is 0 Å². The Morgan fingerprint density at radius 1 is 1.50 bits per heavy atom. The van der Waals surface area contributed by atoms with Crippen LogP contribution >= 0.6 is 0 Å². The van der Waals surface area contributed by atoms with Crippen LogP contribution in [-0.4, -0.2) is 64.3 Å². The zero-order valence-electron chi connectivity index (χ0n) is 12.9. The van der Waals surface area contributed by atoms with Crippen molar-refractivity contribution in [2.24, 2.45) is 11.8 Å². The highest BCUT2D eigenvalue weighted by Crippen LogP contribution is 2.19. The molecular weight excluding hydrogens is 254 g/mol. The number of hydrogen-bond acceptors (Lipinski definition) is 4. The van der Waals surface area contributed by atoms with E-state index in [1.54, 1.807) is 11.8 Å². The Hall–Kier alpha value is -1.43. The number of rotatable bonds is 5. The average Bonchev–Trinajstić information content (AvgIpc) is 2.97. The van der Waals surface area contributed by atoms with Crippen molar-refractivity contribution in [1.82, 2.24) is 25.2 Å². The Morgan fingerprint density at radius 2 is 2.25 bits per heavy atom. The van der Waals surface area contributed by atoms with Crippen LogP contribution in [0, 0.1) is 18.8 Å². The van der Waals surface area contributed by atoms with Crippen LogP contribution in [-0.2, 0) is 0 Å². The van der Waals surface area contributed by atoms with E-state index in [-0.39, 0.29) is 5.91 Å². The van der Waals surface area contributed by atoms with Gasteiger partial charge in [0.05, 0.1) is 5.69 Å². The van der Waals surface area contributed by atoms with E-state index in [1.165, 1.54) is 6.42 Å². The van der Waals surface area contributed by atoms with Crippen LogP contribution in [0.25, 0.3) is 0 Å². The van der Waals surface area contributed by atoms with E-state index >= 15 is 0 Å². The molecule has 6 heteroatoms. The number of carbonyl (C=O) groups is 1. The SMILES string of the molecule is Cc1n[nH]nc1C(=O)N(C)C[C@@H]1CCN(CC(C)C)C1. The number of amides is 1. The highest BCUT2D eigenvalue weighted by molar-refractivity contribution is 5.92. The number of nitrogens with one attached hydrogen (secondary N) is 1. The zero-order chi connectivity index (χ0) is 14.7. The molecule has 1 fully saturated rings. The molecule has 1 saturated heterocycles. The number of carbonyl (C=O) groups excluding carboxylic acids is 1. The summed E-state index contributed by atoms with van der Waals surface area (Å²) in [5.74, 6) is 1.22. The number of aryl methyl sites for hydroxylation is 1. The summed E-state index contributed by atoms with van der Waals surface area (Å²) in [4.78, 5) is 16.5. The third-order valence-electron chi connectivity index (χ3n) is 3.80. The highest BCUT2D eigenvalue weighted by Gasteiger charge is 2.26. The lowest BCUT2D eigenvalue weighted by Gasteiger charge is -2.22. The van der Waals surface area contributed by atoms with Gasteiger partial charge in [-0.3, -0.25) is 4.79 Å². The third kappa shape index (κ3) is 3.56. The minimum absolute atomic E-state index is 0.0430. The quantitative estimate of drug-likeness (QED) is 0.878. The van der Waals surface area contributed by atoms with Gasteiger partial charge in [-0.25, -0.2) is 0 Å². The van der Waals surface area contributed by atoms with E-state index in [0.717, 1.165) is 26.2 Å². The minimum Gasteiger partial charge on any atom is -0.340 e.